The Labute approximate surface area is 167 Å². The molecule has 2 aromatic rings. The summed E-state index contributed by atoms with van der Waals surface area (Å²) in [4.78, 5) is 25.9. The molecule has 3 rings (SSSR count). The number of aromatic hydroxyl groups is 1. The first-order valence-electron chi connectivity index (χ1n) is 7.43. The zero-order chi connectivity index (χ0) is 18.1. The summed E-state index contributed by atoms with van der Waals surface area (Å²) in [5, 5.41) is 12.4. The number of hydrogen-bond donors (Lipinski definition) is 2. The van der Waals surface area contributed by atoms with E-state index in [-0.39, 0.29) is 23.9 Å². The fraction of sp³-hybridized carbons (Fsp3) is 0.111. The van der Waals surface area contributed by atoms with E-state index in [1.165, 1.54) is 4.90 Å². The van der Waals surface area contributed by atoms with E-state index in [9.17, 15) is 14.7 Å². The van der Waals surface area contributed by atoms with Crippen LogP contribution in [0.4, 0.5) is 4.79 Å². The highest BCUT2D eigenvalue weighted by Gasteiger charge is 2.33. The molecule has 2 N–H and O–H groups in total. The molecule has 1 heterocycles. The van der Waals surface area contributed by atoms with Crippen molar-refractivity contribution in [1.29, 1.82) is 0 Å². The second kappa shape index (κ2) is 7.17. The van der Waals surface area contributed by atoms with Crippen molar-refractivity contribution in [1.82, 2.24) is 10.2 Å². The minimum atomic E-state index is -0.440. The number of benzene rings is 2. The van der Waals surface area contributed by atoms with E-state index in [2.05, 4.69) is 21.2 Å². The lowest BCUT2D eigenvalue weighted by molar-refractivity contribution is -0.123. The predicted octanol–water partition coefficient (Wildman–Crippen LogP) is 4.16. The molecule has 3 amide bonds. The van der Waals surface area contributed by atoms with Gasteiger partial charge < -0.3 is 10.4 Å². The minimum Gasteiger partial charge on any atom is -0.506 e. The molecule has 1 aliphatic heterocycles. The topological polar surface area (TPSA) is 69.6 Å². The van der Waals surface area contributed by atoms with Gasteiger partial charge in [-0.15, -0.1) is 0 Å². The zero-order valence-corrected chi connectivity index (χ0v) is 17.0. The lowest BCUT2D eigenvalue weighted by atomic mass is 10.1. The van der Waals surface area contributed by atoms with Crippen LogP contribution in [0.15, 0.2) is 46.6 Å². The molecule has 1 saturated heterocycles. The van der Waals surface area contributed by atoms with Crippen LogP contribution in [0.1, 0.15) is 16.7 Å². The number of imide groups is 1. The van der Waals surface area contributed by atoms with E-state index in [4.69, 9.17) is 0 Å². The first-order valence-corrected chi connectivity index (χ1v) is 9.30. The third-order valence-corrected chi connectivity index (χ3v) is 5.16. The summed E-state index contributed by atoms with van der Waals surface area (Å²) in [6.45, 7) is 2.19. The van der Waals surface area contributed by atoms with Crippen molar-refractivity contribution in [3.8, 4) is 5.75 Å². The number of amides is 3. The number of nitrogens with zero attached hydrogens (tertiary/aromatic N) is 1. The quantitative estimate of drug-likeness (QED) is 0.368. The van der Waals surface area contributed by atoms with Crippen LogP contribution < -0.4 is 5.32 Å². The van der Waals surface area contributed by atoms with Gasteiger partial charge in [0.15, 0.2) is 0 Å². The highest BCUT2D eigenvalue weighted by Crippen LogP contribution is 2.31. The molecule has 0 unspecified atom stereocenters. The van der Waals surface area contributed by atoms with Crippen molar-refractivity contribution < 1.29 is 14.7 Å². The zero-order valence-electron chi connectivity index (χ0n) is 13.2. The summed E-state index contributed by atoms with van der Waals surface area (Å²) in [5.41, 5.74) is 2.89. The van der Waals surface area contributed by atoms with E-state index >= 15 is 0 Å². The van der Waals surface area contributed by atoms with Gasteiger partial charge >= 0.3 is 6.03 Å². The largest absolute Gasteiger partial charge is 0.506 e. The Kier molecular flexibility index (Phi) is 5.14. The van der Waals surface area contributed by atoms with Gasteiger partial charge in [-0.25, -0.2) is 4.79 Å². The maximum atomic E-state index is 12.6. The van der Waals surface area contributed by atoms with Crippen LogP contribution >= 0.6 is 38.5 Å². The second-order valence-corrected chi connectivity index (χ2v) is 7.72. The van der Waals surface area contributed by atoms with Crippen LogP contribution in [0, 0.1) is 10.5 Å². The number of phenols is 1. The number of rotatable bonds is 3. The maximum absolute atomic E-state index is 12.6. The molecule has 25 heavy (non-hydrogen) atoms. The molecule has 0 aliphatic carbocycles. The summed E-state index contributed by atoms with van der Waals surface area (Å²) < 4.78 is 1.17. The number of nitrogens with one attached hydrogen (secondary N) is 1. The predicted molar refractivity (Wildman–Crippen MR) is 107 cm³/mol. The lowest BCUT2D eigenvalue weighted by Gasteiger charge is -2.12. The Morgan fingerprint density at radius 3 is 2.72 bits per heavy atom. The Hall–Kier alpha value is -1.87. The van der Waals surface area contributed by atoms with Crippen LogP contribution in [0.5, 0.6) is 5.75 Å². The second-order valence-electron chi connectivity index (χ2n) is 5.70. The third-order valence-electron chi connectivity index (χ3n) is 3.74. The summed E-state index contributed by atoms with van der Waals surface area (Å²) >= 11 is 5.27. The lowest BCUT2D eigenvalue weighted by Crippen LogP contribution is -2.30. The number of hydrogen-bond acceptors (Lipinski definition) is 3. The van der Waals surface area contributed by atoms with E-state index in [0.29, 0.717) is 13.6 Å². The molecule has 0 saturated carbocycles. The number of carbonyl (C=O) groups excluding carboxylic acids is 2. The minimum absolute atomic E-state index is 0.144. The number of urea groups is 1. The molecule has 0 bridgehead atoms. The van der Waals surface area contributed by atoms with Gasteiger partial charge in [-0.2, -0.15) is 0 Å². The van der Waals surface area contributed by atoms with Crippen LogP contribution in [0.2, 0.25) is 0 Å². The Balaban J connectivity index is 1.86. The monoisotopic (exact) mass is 512 g/mol. The number of carbonyl (C=O) groups is 2. The van der Waals surface area contributed by atoms with E-state index < -0.39 is 6.03 Å². The number of halogens is 2. The molecule has 0 aromatic heterocycles. The molecule has 2 aromatic carbocycles. The van der Waals surface area contributed by atoms with Crippen LogP contribution in [0.3, 0.4) is 0 Å². The van der Waals surface area contributed by atoms with Crippen molar-refractivity contribution in [2.75, 3.05) is 0 Å². The van der Waals surface area contributed by atoms with E-state index in [1.807, 2.05) is 53.8 Å². The number of phenolic OH excluding ortho intramolecular Hbond substituents is 1. The SMILES string of the molecule is Cc1cccc(CN2C(=O)N/C(=C/c3cc(Br)c(O)c(I)c3)C2=O)c1. The molecule has 128 valence electrons. The molecule has 0 radical (unpaired) electrons. The average Bonchev–Trinajstić information content (AvgIpc) is 2.80. The van der Waals surface area contributed by atoms with Crippen LogP contribution in [-0.2, 0) is 11.3 Å². The van der Waals surface area contributed by atoms with Gasteiger partial charge in [-0.1, -0.05) is 29.8 Å². The third kappa shape index (κ3) is 3.87. The van der Waals surface area contributed by atoms with E-state index in [1.54, 1.807) is 18.2 Å². The average molecular weight is 513 g/mol. The highest BCUT2D eigenvalue weighted by molar-refractivity contribution is 14.1. The summed E-state index contributed by atoms with van der Waals surface area (Å²) in [5.74, 6) is -0.226. The Bertz CT molecular complexity index is 888. The van der Waals surface area contributed by atoms with Gasteiger partial charge in [0, 0.05) is 0 Å². The maximum Gasteiger partial charge on any atom is 0.329 e. The van der Waals surface area contributed by atoms with Crippen molar-refractivity contribution in [2.45, 2.75) is 13.5 Å². The molecule has 0 atom stereocenters. The van der Waals surface area contributed by atoms with Gasteiger partial charge in [0.2, 0.25) is 0 Å². The molecule has 1 aliphatic rings. The first kappa shape index (κ1) is 17.9. The molecule has 0 spiro atoms. The van der Waals surface area contributed by atoms with Gasteiger partial charge in [-0.05, 0) is 74.8 Å². The molecule has 1 fully saturated rings. The van der Waals surface area contributed by atoms with Crippen molar-refractivity contribution >= 4 is 56.5 Å². The molecule has 5 nitrogen and oxygen atoms in total. The molecule has 7 heteroatoms. The van der Waals surface area contributed by atoms with Crippen molar-refractivity contribution in [3.63, 3.8) is 0 Å². The van der Waals surface area contributed by atoms with Crippen molar-refractivity contribution in [3.05, 3.63) is 66.8 Å². The fourth-order valence-corrected chi connectivity index (χ4v) is 4.04. The van der Waals surface area contributed by atoms with Gasteiger partial charge in [0.05, 0.1) is 14.6 Å². The van der Waals surface area contributed by atoms with Crippen LogP contribution in [0.25, 0.3) is 6.08 Å². The summed E-state index contributed by atoms with van der Waals surface area (Å²) in [7, 11) is 0. The van der Waals surface area contributed by atoms with Gasteiger partial charge in [0.1, 0.15) is 11.4 Å². The normalized spacial score (nSPS) is 15.8. The highest BCUT2D eigenvalue weighted by atomic mass is 127. The molecular formula is C18H14BrIN2O3. The van der Waals surface area contributed by atoms with Crippen LogP contribution in [-0.4, -0.2) is 21.9 Å². The smallest absolute Gasteiger partial charge is 0.329 e. The summed E-state index contributed by atoms with van der Waals surface area (Å²) in [6, 6.07) is 10.7. The standard InChI is InChI=1S/C18H14BrIN2O3/c1-10-3-2-4-11(5-10)9-22-17(24)15(21-18(22)25)8-12-6-13(19)16(23)14(20)7-12/h2-8,23H,9H2,1H3,(H,21,25)/b15-8+. The van der Waals surface area contributed by atoms with Gasteiger partial charge in [-0.3, -0.25) is 9.69 Å². The van der Waals surface area contributed by atoms with Crippen molar-refractivity contribution in [2.24, 2.45) is 0 Å². The first-order chi connectivity index (χ1) is 11.8. The molecular weight excluding hydrogens is 499 g/mol. The Morgan fingerprint density at radius 2 is 2.04 bits per heavy atom. The fourth-order valence-electron chi connectivity index (χ4n) is 2.54. The van der Waals surface area contributed by atoms with Gasteiger partial charge in [0.25, 0.3) is 5.91 Å². The van der Waals surface area contributed by atoms with E-state index in [0.717, 1.165) is 11.1 Å². The Morgan fingerprint density at radius 1 is 1.28 bits per heavy atom. The summed E-state index contributed by atoms with van der Waals surface area (Å²) in [6.07, 6.45) is 1.60. The number of aryl methyl sites for hydroxylation is 1.